The van der Waals surface area contributed by atoms with Gasteiger partial charge < -0.3 is 9.73 Å². The predicted molar refractivity (Wildman–Crippen MR) is 74.5 cm³/mol. The lowest BCUT2D eigenvalue weighted by Crippen LogP contribution is -2.12. The van der Waals surface area contributed by atoms with Gasteiger partial charge in [0.15, 0.2) is 0 Å². The van der Waals surface area contributed by atoms with Crippen molar-refractivity contribution in [3.05, 3.63) is 52.4 Å². The average Bonchev–Trinajstić information content (AvgIpc) is 2.83. The van der Waals surface area contributed by atoms with Gasteiger partial charge in [0, 0.05) is 17.3 Å². The third kappa shape index (κ3) is 3.47. The monoisotopic (exact) mass is 307 g/mol. The maximum Gasteiger partial charge on any atom is 0.224 e. The Bertz CT molecular complexity index is 535. The molecule has 1 amide bonds. The van der Waals surface area contributed by atoms with Crippen LogP contribution in [0.4, 0.5) is 5.69 Å². The lowest BCUT2D eigenvalue weighted by atomic mass is 10.2. The van der Waals surface area contributed by atoms with Crippen LogP contribution in [0.5, 0.6) is 0 Å². The number of rotatable bonds is 4. The van der Waals surface area contributed by atoms with E-state index in [2.05, 4.69) is 21.2 Å². The number of nitrogens with one attached hydrogen (secondary N) is 1. The van der Waals surface area contributed by atoms with Gasteiger partial charge in [0.1, 0.15) is 5.76 Å². The van der Waals surface area contributed by atoms with Crippen molar-refractivity contribution in [1.29, 1.82) is 0 Å². The topological polar surface area (TPSA) is 42.2 Å². The second kappa shape index (κ2) is 5.87. The molecule has 0 spiro atoms. The molecule has 0 fully saturated rings. The lowest BCUT2D eigenvalue weighted by Gasteiger charge is -2.07. The molecular weight excluding hydrogens is 294 g/mol. The van der Waals surface area contributed by atoms with Gasteiger partial charge in [0.05, 0.1) is 12.0 Å². The first-order valence-electron chi connectivity index (χ1n) is 5.73. The third-order valence-electron chi connectivity index (χ3n) is 2.58. The van der Waals surface area contributed by atoms with Crippen molar-refractivity contribution < 1.29 is 9.21 Å². The average molecular weight is 308 g/mol. The fraction of sp³-hybridized carbons (Fsp3) is 0.214. The molecule has 0 aliphatic rings. The van der Waals surface area contributed by atoms with E-state index in [-0.39, 0.29) is 5.91 Å². The quantitative estimate of drug-likeness (QED) is 0.930. The van der Waals surface area contributed by atoms with E-state index in [0.717, 1.165) is 21.5 Å². The summed E-state index contributed by atoms with van der Waals surface area (Å²) >= 11 is 3.43. The Morgan fingerprint density at radius 2 is 2.22 bits per heavy atom. The highest BCUT2D eigenvalue weighted by atomic mass is 79.9. The van der Waals surface area contributed by atoms with Gasteiger partial charge >= 0.3 is 0 Å². The van der Waals surface area contributed by atoms with Crippen LogP contribution in [-0.2, 0) is 11.2 Å². The van der Waals surface area contributed by atoms with Crippen molar-refractivity contribution in [2.24, 2.45) is 0 Å². The molecule has 2 aromatic rings. The zero-order valence-electron chi connectivity index (χ0n) is 10.1. The number of hydrogen-bond acceptors (Lipinski definition) is 2. The number of aryl methyl sites for hydroxylation is 2. The van der Waals surface area contributed by atoms with E-state index >= 15 is 0 Å². The molecule has 0 unspecified atom stereocenters. The zero-order chi connectivity index (χ0) is 13.0. The van der Waals surface area contributed by atoms with Crippen LogP contribution in [0.3, 0.4) is 0 Å². The van der Waals surface area contributed by atoms with Crippen LogP contribution in [0.25, 0.3) is 0 Å². The number of anilines is 1. The molecule has 1 heterocycles. The van der Waals surface area contributed by atoms with Gasteiger partial charge in [-0.15, -0.1) is 0 Å². The molecule has 0 radical (unpaired) electrons. The molecule has 0 aliphatic heterocycles. The van der Waals surface area contributed by atoms with Gasteiger partial charge in [0.2, 0.25) is 5.91 Å². The van der Waals surface area contributed by atoms with Gasteiger partial charge in [-0.3, -0.25) is 4.79 Å². The Morgan fingerprint density at radius 3 is 2.89 bits per heavy atom. The molecule has 18 heavy (non-hydrogen) atoms. The molecule has 1 aromatic carbocycles. The Morgan fingerprint density at radius 1 is 1.39 bits per heavy atom. The molecule has 94 valence electrons. The van der Waals surface area contributed by atoms with E-state index in [1.165, 1.54) is 0 Å². The number of amides is 1. The Hall–Kier alpha value is -1.55. The van der Waals surface area contributed by atoms with E-state index in [1.807, 2.05) is 37.3 Å². The number of benzene rings is 1. The van der Waals surface area contributed by atoms with Crippen molar-refractivity contribution in [3.8, 4) is 0 Å². The second-order valence-electron chi connectivity index (χ2n) is 4.11. The van der Waals surface area contributed by atoms with Crippen molar-refractivity contribution >= 4 is 27.5 Å². The highest BCUT2D eigenvalue weighted by molar-refractivity contribution is 9.10. The predicted octanol–water partition coefficient (Wildman–Crippen LogP) is 3.92. The molecule has 1 aromatic heterocycles. The summed E-state index contributed by atoms with van der Waals surface area (Å²) in [5.74, 6) is 0.809. The SMILES string of the molecule is Cc1ccc(NC(=O)CCc2ccco2)c(Br)c1. The summed E-state index contributed by atoms with van der Waals surface area (Å²) in [7, 11) is 0. The van der Waals surface area contributed by atoms with Gasteiger partial charge in [0.25, 0.3) is 0 Å². The summed E-state index contributed by atoms with van der Waals surface area (Å²) in [6.07, 6.45) is 2.64. The second-order valence-corrected chi connectivity index (χ2v) is 4.97. The van der Waals surface area contributed by atoms with E-state index in [1.54, 1.807) is 6.26 Å². The highest BCUT2D eigenvalue weighted by Gasteiger charge is 2.07. The molecule has 4 heteroatoms. The van der Waals surface area contributed by atoms with Crippen LogP contribution in [0.1, 0.15) is 17.7 Å². The fourth-order valence-corrected chi connectivity index (χ4v) is 2.22. The van der Waals surface area contributed by atoms with Gasteiger partial charge in [-0.1, -0.05) is 6.07 Å². The van der Waals surface area contributed by atoms with Crippen molar-refractivity contribution in [1.82, 2.24) is 0 Å². The van der Waals surface area contributed by atoms with Crippen molar-refractivity contribution in [2.75, 3.05) is 5.32 Å². The molecule has 3 nitrogen and oxygen atoms in total. The van der Waals surface area contributed by atoms with E-state index in [4.69, 9.17) is 4.42 Å². The van der Waals surface area contributed by atoms with Crippen LogP contribution in [0, 0.1) is 6.92 Å². The molecule has 2 rings (SSSR count). The summed E-state index contributed by atoms with van der Waals surface area (Å²) in [5.41, 5.74) is 1.94. The summed E-state index contributed by atoms with van der Waals surface area (Å²) < 4.78 is 6.08. The van der Waals surface area contributed by atoms with Gasteiger partial charge in [-0.05, 0) is 52.7 Å². The zero-order valence-corrected chi connectivity index (χ0v) is 11.7. The van der Waals surface area contributed by atoms with Crippen LogP contribution in [0.15, 0.2) is 45.5 Å². The molecule has 1 N–H and O–H groups in total. The van der Waals surface area contributed by atoms with E-state index in [9.17, 15) is 4.79 Å². The molecule has 0 bridgehead atoms. The molecule has 0 aliphatic carbocycles. The standard InChI is InChI=1S/C14H14BrNO2/c1-10-4-6-13(12(15)9-10)16-14(17)7-5-11-3-2-8-18-11/h2-4,6,8-9H,5,7H2,1H3,(H,16,17). The first kappa shape index (κ1) is 12.9. The summed E-state index contributed by atoms with van der Waals surface area (Å²) in [6, 6.07) is 9.53. The fourth-order valence-electron chi connectivity index (χ4n) is 1.63. The summed E-state index contributed by atoms with van der Waals surface area (Å²) in [5, 5.41) is 2.87. The molecule has 0 atom stereocenters. The summed E-state index contributed by atoms with van der Waals surface area (Å²) in [4.78, 5) is 11.8. The Labute approximate surface area is 114 Å². The maximum atomic E-state index is 11.8. The minimum atomic E-state index is -0.0176. The Balaban J connectivity index is 1.91. The van der Waals surface area contributed by atoms with Crippen LogP contribution >= 0.6 is 15.9 Å². The van der Waals surface area contributed by atoms with Gasteiger partial charge in [-0.25, -0.2) is 0 Å². The lowest BCUT2D eigenvalue weighted by molar-refractivity contribution is -0.116. The Kier molecular flexibility index (Phi) is 4.20. The third-order valence-corrected chi connectivity index (χ3v) is 3.23. The minimum absolute atomic E-state index is 0.0176. The first-order chi connectivity index (χ1) is 8.65. The number of carbonyl (C=O) groups excluding carboxylic acids is 1. The van der Waals surface area contributed by atoms with Gasteiger partial charge in [-0.2, -0.15) is 0 Å². The van der Waals surface area contributed by atoms with E-state index in [0.29, 0.717) is 12.8 Å². The minimum Gasteiger partial charge on any atom is -0.469 e. The number of carbonyl (C=O) groups is 1. The normalized spacial score (nSPS) is 10.3. The number of furan rings is 1. The maximum absolute atomic E-state index is 11.8. The number of halogens is 1. The van der Waals surface area contributed by atoms with Crippen molar-refractivity contribution in [3.63, 3.8) is 0 Å². The van der Waals surface area contributed by atoms with Crippen LogP contribution < -0.4 is 5.32 Å². The van der Waals surface area contributed by atoms with E-state index < -0.39 is 0 Å². The van der Waals surface area contributed by atoms with Crippen LogP contribution in [-0.4, -0.2) is 5.91 Å². The highest BCUT2D eigenvalue weighted by Crippen LogP contribution is 2.23. The number of hydrogen-bond donors (Lipinski definition) is 1. The first-order valence-corrected chi connectivity index (χ1v) is 6.53. The molecule has 0 saturated heterocycles. The molecule has 0 saturated carbocycles. The van der Waals surface area contributed by atoms with Crippen molar-refractivity contribution in [2.45, 2.75) is 19.8 Å². The smallest absolute Gasteiger partial charge is 0.224 e. The summed E-state index contributed by atoms with van der Waals surface area (Å²) in [6.45, 7) is 2.01. The molecular formula is C14H14BrNO2. The van der Waals surface area contributed by atoms with Crippen LogP contribution in [0.2, 0.25) is 0 Å². The largest absolute Gasteiger partial charge is 0.469 e.